The van der Waals surface area contributed by atoms with Crippen molar-refractivity contribution in [3.05, 3.63) is 132 Å². The van der Waals surface area contributed by atoms with Crippen LogP contribution in [0.5, 0.6) is 11.5 Å². The van der Waals surface area contributed by atoms with Crippen LogP contribution in [0.4, 0.5) is 0 Å². The fourth-order valence-electron chi connectivity index (χ4n) is 9.94. The normalized spacial score (nSPS) is 25.3. The lowest BCUT2D eigenvalue weighted by Crippen LogP contribution is -2.70. The first-order valence-corrected chi connectivity index (χ1v) is 21.2. The molecule has 1 aliphatic heterocycles. The average Bonchev–Trinajstić information content (AvgIpc) is 4.10. The summed E-state index contributed by atoms with van der Waals surface area (Å²) in [6.45, 7) is 5.11. The van der Waals surface area contributed by atoms with E-state index in [0.29, 0.717) is 31.6 Å². The summed E-state index contributed by atoms with van der Waals surface area (Å²) < 4.78 is 14.5. The summed E-state index contributed by atoms with van der Waals surface area (Å²) in [6, 6.07) is 29.2. The van der Waals surface area contributed by atoms with Crippen molar-refractivity contribution in [1.29, 1.82) is 0 Å². The average molecular weight is 785 g/mol. The van der Waals surface area contributed by atoms with Crippen molar-refractivity contribution in [3.8, 4) is 11.5 Å². The predicted molar refractivity (Wildman–Crippen MR) is 225 cm³/mol. The van der Waals surface area contributed by atoms with Crippen LogP contribution >= 0.6 is 0 Å². The van der Waals surface area contributed by atoms with E-state index in [2.05, 4.69) is 43.0 Å². The molecular weight excluding hydrogens is 729 g/mol. The summed E-state index contributed by atoms with van der Waals surface area (Å²) in [5, 5.41) is 38.0. The molecule has 3 aliphatic carbocycles. The number of aromatic hydroxyl groups is 1. The zero-order valence-electron chi connectivity index (χ0n) is 33.3. The van der Waals surface area contributed by atoms with Crippen molar-refractivity contribution in [2.45, 2.75) is 88.7 Å². The lowest BCUT2D eigenvalue weighted by atomic mass is 9.55. The number of ether oxygens (including phenoxy) is 2. The molecule has 0 unspecified atom stereocenters. The van der Waals surface area contributed by atoms with Crippen LogP contribution in [0.1, 0.15) is 80.4 Å². The van der Waals surface area contributed by atoms with Gasteiger partial charge in [-0.25, -0.2) is 0 Å². The third-order valence-corrected chi connectivity index (χ3v) is 12.7. The van der Waals surface area contributed by atoms with Gasteiger partial charge in [-0.15, -0.1) is 6.58 Å². The second-order valence-electron chi connectivity index (χ2n) is 16.4. The number of unbranched alkanes of at least 4 members (excludes halogenated alkanes) is 2. The molecule has 0 bridgehead atoms. The molecule has 0 saturated heterocycles. The minimum Gasteiger partial charge on any atom is -0.508 e. The Hall–Kier alpha value is -4.96. The third-order valence-electron chi connectivity index (χ3n) is 12.7. The van der Waals surface area contributed by atoms with Crippen LogP contribution in [0.3, 0.4) is 0 Å². The number of hydrogen-bond acceptors (Lipinski definition) is 8. The van der Waals surface area contributed by atoms with Gasteiger partial charge in [-0.05, 0) is 96.0 Å². The van der Waals surface area contributed by atoms with Gasteiger partial charge in [0.15, 0.2) is 0 Å². The number of rotatable bonds is 18. The number of phenolic OH excluding ortho intramolecular Hbond substituents is 1. The number of allylic oxidation sites excluding steroid dienone is 1. The van der Waals surface area contributed by atoms with Gasteiger partial charge in [-0.2, -0.15) is 0 Å². The molecule has 0 aromatic heterocycles. The molecule has 0 spiro atoms. The zero-order chi connectivity index (χ0) is 40.1. The molecule has 8 rings (SSSR count). The highest BCUT2D eigenvalue weighted by Crippen LogP contribution is 2.62. The number of carbonyl (C=O) groups excluding carboxylic acids is 1. The molecular formula is C49H56N2O7. The number of aliphatic hydroxyl groups excluding tert-OH is 2. The second kappa shape index (κ2) is 17.9. The van der Waals surface area contributed by atoms with Crippen LogP contribution in [0.2, 0.25) is 0 Å². The number of oxime groups is 1. The SMILES string of the molecule is C=CCO[C@@]12Oc3ccc(O)cc3[C@H]3[C@H](CCCCO)[C@@H](CCCCO)C=C(C(=NOCc4ccccc4)C[C@@H]1N(Cc1cccc4ccccc14)C(=O)C1CC1)[C@H]32. The van der Waals surface area contributed by atoms with Gasteiger partial charge in [0.2, 0.25) is 11.7 Å². The Morgan fingerprint density at radius 2 is 1.69 bits per heavy atom. The van der Waals surface area contributed by atoms with Crippen LogP contribution in [0.15, 0.2) is 120 Å². The molecule has 1 heterocycles. The highest BCUT2D eigenvalue weighted by Gasteiger charge is 2.66. The van der Waals surface area contributed by atoms with E-state index in [4.69, 9.17) is 19.5 Å². The summed E-state index contributed by atoms with van der Waals surface area (Å²) in [5.74, 6) is -1.05. The van der Waals surface area contributed by atoms with Crippen LogP contribution < -0.4 is 4.74 Å². The van der Waals surface area contributed by atoms with Crippen LogP contribution in [0, 0.1) is 23.7 Å². The van der Waals surface area contributed by atoms with Gasteiger partial charge in [0.25, 0.3) is 0 Å². The first-order valence-electron chi connectivity index (χ1n) is 21.2. The monoisotopic (exact) mass is 784 g/mol. The fourth-order valence-corrected chi connectivity index (χ4v) is 9.94. The highest BCUT2D eigenvalue weighted by atomic mass is 16.7. The Morgan fingerprint density at radius 3 is 2.47 bits per heavy atom. The van der Waals surface area contributed by atoms with Crippen molar-refractivity contribution < 1.29 is 34.4 Å². The molecule has 0 radical (unpaired) electrons. The Balaban J connectivity index is 1.33. The van der Waals surface area contributed by atoms with Gasteiger partial charge in [-0.3, -0.25) is 4.79 Å². The molecule has 4 aliphatic rings. The smallest absolute Gasteiger partial charge is 0.239 e. The summed E-state index contributed by atoms with van der Waals surface area (Å²) in [5.41, 5.74) is 4.67. The van der Waals surface area contributed by atoms with E-state index < -0.39 is 17.7 Å². The van der Waals surface area contributed by atoms with Crippen molar-refractivity contribution in [1.82, 2.24) is 4.90 Å². The van der Waals surface area contributed by atoms with E-state index in [-0.39, 0.29) is 61.8 Å². The number of fused-ring (bicyclic) bond motifs is 3. The summed E-state index contributed by atoms with van der Waals surface area (Å²) in [4.78, 5) is 23.2. The van der Waals surface area contributed by atoms with Crippen molar-refractivity contribution >= 4 is 22.4 Å². The minimum absolute atomic E-state index is 0.0744. The van der Waals surface area contributed by atoms with Gasteiger partial charge in [0.1, 0.15) is 24.1 Å². The molecule has 58 heavy (non-hydrogen) atoms. The number of aliphatic hydroxyl groups is 2. The van der Waals surface area contributed by atoms with Gasteiger partial charge in [0, 0.05) is 43.6 Å². The molecule has 9 nitrogen and oxygen atoms in total. The maximum Gasteiger partial charge on any atom is 0.239 e. The van der Waals surface area contributed by atoms with E-state index in [0.717, 1.165) is 77.3 Å². The molecule has 2 fully saturated rings. The standard InChI is InChI=1S/C49H56N2O7/c1-2-27-56-49-45(51(48(55)35-21-22-35)31-37-18-12-17-34-15-6-7-19-39(34)37)30-43(50-57-32-33-13-4-3-5-14-33)41-28-36(16-8-10-25-52)40(20-9-11-26-53)46(47(41)49)42-29-38(54)23-24-44(42)58-49/h2-7,12-15,17-19,23-24,28-29,35-36,40,45-47,52-54H,1,8-11,16,20-22,25-27,30-32H2/t36-,40+,45-,46+,47+,49+/m0/s1. The molecule has 2 saturated carbocycles. The van der Waals surface area contributed by atoms with Crippen molar-refractivity contribution in [3.63, 3.8) is 0 Å². The summed E-state index contributed by atoms with van der Waals surface area (Å²) >= 11 is 0. The van der Waals surface area contributed by atoms with Gasteiger partial charge < -0.3 is 34.5 Å². The Kier molecular flexibility index (Phi) is 12.3. The zero-order valence-corrected chi connectivity index (χ0v) is 33.3. The Bertz CT molecular complexity index is 2120. The maximum absolute atomic E-state index is 14.9. The molecule has 4 aromatic rings. The molecule has 6 atom stereocenters. The number of carbonyl (C=O) groups is 1. The minimum atomic E-state index is -1.35. The van der Waals surface area contributed by atoms with E-state index >= 15 is 0 Å². The lowest BCUT2D eigenvalue weighted by molar-refractivity contribution is -0.258. The third kappa shape index (κ3) is 8.05. The quantitative estimate of drug-likeness (QED) is 0.0524. The summed E-state index contributed by atoms with van der Waals surface area (Å²) in [6.07, 6.45) is 10.8. The number of hydrogen-bond donors (Lipinski definition) is 3. The lowest BCUT2D eigenvalue weighted by Gasteiger charge is -2.60. The number of amides is 1. The van der Waals surface area contributed by atoms with Crippen molar-refractivity contribution in [2.24, 2.45) is 28.8 Å². The van der Waals surface area contributed by atoms with Crippen molar-refractivity contribution in [2.75, 3.05) is 19.8 Å². The number of phenols is 1. The van der Waals surface area contributed by atoms with Gasteiger partial charge >= 0.3 is 0 Å². The fraction of sp³-hybridized carbons (Fsp3) is 0.429. The molecule has 304 valence electrons. The molecule has 1 amide bonds. The van der Waals surface area contributed by atoms with Crippen LogP contribution in [-0.2, 0) is 27.5 Å². The molecule has 9 heteroatoms. The van der Waals surface area contributed by atoms with Gasteiger partial charge in [0.05, 0.1) is 18.2 Å². The Labute approximate surface area is 341 Å². The number of nitrogens with zero attached hydrogens (tertiary/aromatic N) is 2. The maximum atomic E-state index is 14.9. The van der Waals surface area contributed by atoms with E-state index in [9.17, 15) is 20.1 Å². The first-order chi connectivity index (χ1) is 28.5. The molecule has 3 N–H and O–H groups in total. The van der Waals surface area contributed by atoms with Crippen LogP contribution in [0.25, 0.3) is 10.8 Å². The predicted octanol–water partition coefficient (Wildman–Crippen LogP) is 8.82. The number of benzene rings is 4. The van der Waals surface area contributed by atoms with E-state index in [1.54, 1.807) is 12.1 Å². The van der Waals surface area contributed by atoms with Gasteiger partial charge in [-0.1, -0.05) is 103 Å². The molecule has 4 aromatic carbocycles. The topological polar surface area (TPSA) is 121 Å². The largest absolute Gasteiger partial charge is 0.508 e. The summed E-state index contributed by atoms with van der Waals surface area (Å²) in [7, 11) is 0. The van der Waals surface area contributed by atoms with E-state index in [1.807, 2.05) is 59.5 Å². The van der Waals surface area contributed by atoms with E-state index in [1.165, 1.54) is 0 Å². The van der Waals surface area contributed by atoms with Crippen LogP contribution in [-0.4, -0.2) is 63.5 Å². The Morgan fingerprint density at radius 1 is 0.931 bits per heavy atom. The highest BCUT2D eigenvalue weighted by molar-refractivity contribution is 6.03. The second-order valence-corrected chi connectivity index (χ2v) is 16.4. The first kappa shape index (κ1) is 39.8.